The predicted molar refractivity (Wildman–Crippen MR) is 82.4 cm³/mol. The van der Waals surface area contributed by atoms with Gasteiger partial charge in [-0.15, -0.1) is 6.58 Å². The van der Waals surface area contributed by atoms with Gasteiger partial charge >= 0.3 is 6.03 Å². The Hall–Kier alpha value is -2.05. The van der Waals surface area contributed by atoms with Gasteiger partial charge in [0.15, 0.2) is 0 Å². The molecular formula is C15H23N3O3. The van der Waals surface area contributed by atoms with Crippen LogP contribution < -0.4 is 20.7 Å². The number of aliphatic hydroxyl groups excluding tert-OH is 1. The van der Waals surface area contributed by atoms with Crippen LogP contribution >= 0.6 is 0 Å². The van der Waals surface area contributed by atoms with Crippen LogP contribution in [-0.4, -0.2) is 50.0 Å². The molecule has 0 aliphatic carbocycles. The molecule has 6 nitrogen and oxygen atoms in total. The minimum absolute atomic E-state index is 0.226. The third-order valence-electron chi connectivity index (χ3n) is 2.56. The average molecular weight is 293 g/mol. The number of carbonyl (C=O) groups is 1. The van der Waals surface area contributed by atoms with Crippen molar-refractivity contribution in [3.63, 3.8) is 0 Å². The van der Waals surface area contributed by atoms with Gasteiger partial charge in [0.2, 0.25) is 0 Å². The van der Waals surface area contributed by atoms with Crippen molar-refractivity contribution in [2.24, 2.45) is 0 Å². The van der Waals surface area contributed by atoms with Gasteiger partial charge in [0.05, 0.1) is 0 Å². The minimum atomic E-state index is -0.597. The lowest BCUT2D eigenvalue weighted by Gasteiger charge is -2.13. The predicted octanol–water partition coefficient (Wildman–Crippen LogP) is 0.501. The molecule has 0 saturated carbocycles. The molecule has 6 heteroatoms. The molecule has 0 saturated heterocycles. The summed E-state index contributed by atoms with van der Waals surface area (Å²) in [4.78, 5) is 11.2. The number of urea groups is 1. The summed E-state index contributed by atoms with van der Waals surface area (Å²) >= 11 is 0. The molecular weight excluding hydrogens is 270 g/mol. The molecule has 0 aliphatic heterocycles. The Morgan fingerprint density at radius 1 is 1.29 bits per heavy atom. The van der Waals surface area contributed by atoms with Gasteiger partial charge in [0.25, 0.3) is 0 Å². The number of hydrogen-bond acceptors (Lipinski definition) is 4. The molecule has 0 fully saturated rings. The molecule has 1 aromatic rings. The Morgan fingerprint density at radius 3 is 2.76 bits per heavy atom. The van der Waals surface area contributed by atoms with Gasteiger partial charge in [-0.2, -0.15) is 0 Å². The summed E-state index contributed by atoms with van der Waals surface area (Å²) in [7, 11) is 0. The maximum atomic E-state index is 11.2. The Balaban J connectivity index is 1.99. The Morgan fingerprint density at radius 2 is 2.05 bits per heavy atom. The van der Waals surface area contributed by atoms with Gasteiger partial charge in [0.1, 0.15) is 18.5 Å². The van der Waals surface area contributed by atoms with Gasteiger partial charge in [-0.3, -0.25) is 0 Å². The highest BCUT2D eigenvalue weighted by Crippen LogP contribution is 2.08. The van der Waals surface area contributed by atoms with Crippen molar-refractivity contribution in [1.29, 1.82) is 0 Å². The summed E-state index contributed by atoms with van der Waals surface area (Å²) < 4.78 is 5.43. The van der Waals surface area contributed by atoms with E-state index in [1.54, 1.807) is 6.08 Å². The zero-order valence-electron chi connectivity index (χ0n) is 12.0. The highest BCUT2D eigenvalue weighted by molar-refractivity contribution is 5.73. The molecule has 0 bridgehead atoms. The molecule has 1 rings (SSSR count). The summed E-state index contributed by atoms with van der Waals surface area (Å²) in [5.74, 6) is 0.733. The lowest BCUT2D eigenvalue weighted by Crippen LogP contribution is -2.41. The second-order valence-corrected chi connectivity index (χ2v) is 4.41. The fraction of sp³-hybridized carbons (Fsp3) is 0.400. The first-order chi connectivity index (χ1) is 10.2. The van der Waals surface area contributed by atoms with Gasteiger partial charge in [0, 0.05) is 26.2 Å². The quantitative estimate of drug-likeness (QED) is 0.374. The van der Waals surface area contributed by atoms with Crippen molar-refractivity contribution in [3.8, 4) is 5.75 Å². The first kappa shape index (κ1) is 17.0. The summed E-state index contributed by atoms with van der Waals surface area (Å²) in [6, 6.07) is 9.11. The van der Waals surface area contributed by atoms with Crippen molar-refractivity contribution in [2.75, 3.05) is 32.8 Å². The number of benzene rings is 1. The van der Waals surface area contributed by atoms with Crippen LogP contribution in [0.3, 0.4) is 0 Å². The second kappa shape index (κ2) is 10.7. The van der Waals surface area contributed by atoms with Gasteiger partial charge in [-0.1, -0.05) is 24.3 Å². The summed E-state index contributed by atoms with van der Waals surface area (Å²) in [6.07, 6.45) is 1.01. The summed E-state index contributed by atoms with van der Waals surface area (Å²) in [5, 5.41) is 18.1. The van der Waals surface area contributed by atoms with E-state index in [1.165, 1.54) is 0 Å². The summed E-state index contributed by atoms with van der Waals surface area (Å²) in [6.45, 7) is 5.63. The molecule has 116 valence electrons. The molecule has 0 radical (unpaired) electrons. The molecule has 1 aromatic carbocycles. The van der Waals surface area contributed by atoms with Crippen LogP contribution in [0.2, 0.25) is 0 Å². The minimum Gasteiger partial charge on any atom is -0.491 e. The van der Waals surface area contributed by atoms with Crippen LogP contribution in [0, 0.1) is 0 Å². The third-order valence-corrected chi connectivity index (χ3v) is 2.56. The van der Waals surface area contributed by atoms with E-state index in [4.69, 9.17) is 4.74 Å². The van der Waals surface area contributed by atoms with Crippen LogP contribution in [0.5, 0.6) is 5.75 Å². The van der Waals surface area contributed by atoms with Crippen molar-refractivity contribution < 1.29 is 14.6 Å². The summed E-state index contributed by atoms with van der Waals surface area (Å²) in [5.41, 5.74) is 0. The monoisotopic (exact) mass is 293 g/mol. The number of carbonyl (C=O) groups excluding carboxylic acids is 1. The van der Waals surface area contributed by atoms with E-state index in [1.807, 2.05) is 30.3 Å². The van der Waals surface area contributed by atoms with Gasteiger partial charge in [-0.25, -0.2) is 4.79 Å². The van der Waals surface area contributed by atoms with E-state index < -0.39 is 6.10 Å². The number of hydrogen-bond donors (Lipinski definition) is 4. The van der Waals surface area contributed by atoms with E-state index in [9.17, 15) is 9.90 Å². The zero-order valence-corrected chi connectivity index (χ0v) is 12.0. The van der Waals surface area contributed by atoms with Crippen LogP contribution in [0.25, 0.3) is 0 Å². The van der Waals surface area contributed by atoms with Crippen LogP contribution in [-0.2, 0) is 0 Å². The second-order valence-electron chi connectivity index (χ2n) is 4.41. The smallest absolute Gasteiger partial charge is 0.315 e. The lowest BCUT2D eigenvalue weighted by molar-refractivity contribution is 0.106. The maximum absolute atomic E-state index is 11.2. The average Bonchev–Trinajstić information content (AvgIpc) is 2.51. The first-order valence-corrected chi connectivity index (χ1v) is 6.91. The number of nitrogens with one attached hydrogen (secondary N) is 3. The van der Waals surface area contributed by atoms with E-state index in [0.29, 0.717) is 26.2 Å². The molecule has 0 aromatic heterocycles. The van der Waals surface area contributed by atoms with Crippen LogP contribution in [0.15, 0.2) is 43.0 Å². The fourth-order valence-corrected chi connectivity index (χ4v) is 1.53. The van der Waals surface area contributed by atoms with Crippen molar-refractivity contribution in [1.82, 2.24) is 16.0 Å². The molecule has 0 heterocycles. The molecule has 2 amide bonds. The Bertz CT molecular complexity index is 412. The fourth-order valence-electron chi connectivity index (χ4n) is 1.53. The maximum Gasteiger partial charge on any atom is 0.315 e. The van der Waals surface area contributed by atoms with Crippen LogP contribution in [0.4, 0.5) is 4.79 Å². The van der Waals surface area contributed by atoms with Crippen LogP contribution in [0.1, 0.15) is 0 Å². The zero-order chi connectivity index (χ0) is 15.3. The van der Waals surface area contributed by atoms with E-state index in [2.05, 4.69) is 22.5 Å². The van der Waals surface area contributed by atoms with Crippen molar-refractivity contribution >= 4 is 6.03 Å². The standard InChI is InChI=1S/C15H23N3O3/c1-2-8-17-15(20)18-10-9-16-11-13(19)12-21-14-6-4-3-5-7-14/h2-7,13,16,19H,1,8-12H2,(H2,17,18,20). The number of rotatable bonds is 10. The van der Waals surface area contributed by atoms with E-state index in [-0.39, 0.29) is 12.6 Å². The van der Waals surface area contributed by atoms with Crippen molar-refractivity contribution in [3.05, 3.63) is 43.0 Å². The van der Waals surface area contributed by atoms with Gasteiger partial charge < -0.3 is 25.8 Å². The topological polar surface area (TPSA) is 82.6 Å². The Labute approximate surface area is 125 Å². The highest BCUT2D eigenvalue weighted by atomic mass is 16.5. The molecule has 21 heavy (non-hydrogen) atoms. The van der Waals surface area contributed by atoms with Gasteiger partial charge in [-0.05, 0) is 12.1 Å². The number of para-hydroxylation sites is 1. The first-order valence-electron chi connectivity index (χ1n) is 6.91. The molecule has 0 spiro atoms. The molecule has 4 N–H and O–H groups in total. The van der Waals surface area contributed by atoms with Crippen molar-refractivity contribution in [2.45, 2.75) is 6.10 Å². The largest absolute Gasteiger partial charge is 0.491 e. The van der Waals surface area contributed by atoms with E-state index in [0.717, 1.165) is 5.75 Å². The lowest BCUT2D eigenvalue weighted by atomic mass is 10.3. The number of amides is 2. The number of aliphatic hydroxyl groups is 1. The number of ether oxygens (including phenoxy) is 1. The molecule has 1 atom stereocenters. The molecule has 1 unspecified atom stereocenters. The third kappa shape index (κ3) is 8.67. The van der Waals surface area contributed by atoms with E-state index >= 15 is 0 Å². The Kier molecular flexibility index (Phi) is 8.67. The normalized spacial score (nSPS) is 11.5. The highest BCUT2D eigenvalue weighted by Gasteiger charge is 2.04. The SMILES string of the molecule is C=CCNC(=O)NCCNCC(O)COc1ccccc1. The molecule has 0 aliphatic rings.